The minimum Gasteiger partial charge on any atom is -0.394 e. The smallest absolute Gasteiger partial charge is 0.150 e. The van der Waals surface area contributed by atoms with Crippen LogP contribution in [0.5, 0.6) is 0 Å². The van der Waals surface area contributed by atoms with Crippen LogP contribution in [0.15, 0.2) is 30.3 Å². The second-order valence-corrected chi connectivity index (χ2v) is 4.64. The highest BCUT2D eigenvalue weighted by molar-refractivity contribution is 5.66. The summed E-state index contributed by atoms with van der Waals surface area (Å²) < 4.78 is 1.98. The lowest BCUT2D eigenvalue weighted by Gasteiger charge is -2.24. The number of aromatic nitrogens is 2. The number of aryl methyl sites for hydroxylation is 2. The molecule has 0 radical (unpaired) electrons. The molecule has 0 bridgehead atoms. The Morgan fingerprint density at radius 3 is 2.47 bits per heavy atom. The monoisotopic (exact) mass is 258 g/mol. The van der Waals surface area contributed by atoms with E-state index in [1.807, 2.05) is 17.7 Å². The summed E-state index contributed by atoms with van der Waals surface area (Å²) in [5.74, 6) is 1.03. The molecule has 102 valence electrons. The maximum atomic E-state index is 6.18. The van der Waals surface area contributed by atoms with Gasteiger partial charge < -0.3 is 10.6 Å². The van der Waals surface area contributed by atoms with Crippen molar-refractivity contribution in [3.05, 3.63) is 41.6 Å². The van der Waals surface area contributed by atoms with E-state index in [-0.39, 0.29) is 0 Å². The lowest BCUT2D eigenvalue weighted by Crippen LogP contribution is -2.25. The summed E-state index contributed by atoms with van der Waals surface area (Å²) in [5, 5.41) is 4.49. The molecule has 2 aromatic rings. The molecule has 4 heteroatoms. The normalized spacial score (nSPS) is 10.7. The first-order valence-corrected chi connectivity index (χ1v) is 6.79. The summed E-state index contributed by atoms with van der Waals surface area (Å²) in [6, 6.07) is 10.4. The van der Waals surface area contributed by atoms with Crippen molar-refractivity contribution in [3.8, 4) is 0 Å². The SMILES string of the molecule is CCN(Cc1ccccc1)c1c(N)c(C)nn1CC. The molecule has 0 atom stereocenters. The largest absolute Gasteiger partial charge is 0.394 e. The number of nitrogens with zero attached hydrogens (tertiary/aromatic N) is 3. The summed E-state index contributed by atoms with van der Waals surface area (Å²) in [7, 11) is 0. The molecular formula is C15H22N4. The molecule has 0 amide bonds. The van der Waals surface area contributed by atoms with Crippen LogP contribution >= 0.6 is 0 Å². The third kappa shape index (κ3) is 2.72. The van der Waals surface area contributed by atoms with Gasteiger partial charge >= 0.3 is 0 Å². The van der Waals surface area contributed by atoms with Crippen LogP contribution in [0.25, 0.3) is 0 Å². The van der Waals surface area contributed by atoms with Gasteiger partial charge in [-0.15, -0.1) is 0 Å². The van der Waals surface area contributed by atoms with Gasteiger partial charge in [0, 0.05) is 19.6 Å². The summed E-state index contributed by atoms with van der Waals surface area (Å²) in [6.07, 6.45) is 0. The molecule has 0 aliphatic heterocycles. The Kier molecular flexibility index (Phi) is 4.10. The zero-order valence-electron chi connectivity index (χ0n) is 11.9. The van der Waals surface area contributed by atoms with Gasteiger partial charge in [0.15, 0.2) is 5.82 Å². The summed E-state index contributed by atoms with van der Waals surface area (Å²) in [5.41, 5.74) is 9.16. The quantitative estimate of drug-likeness (QED) is 0.897. The molecule has 0 aliphatic rings. The van der Waals surface area contributed by atoms with E-state index in [1.54, 1.807) is 0 Å². The van der Waals surface area contributed by atoms with E-state index in [9.17, 15) is 0 Å². The second kappa shape index (κ2) is 5.78. The molecule has 0 saturated carbocycles. The van der Waals surface area contributed by atoms with Gasteiger partial charge in [-0.2, -0.15) is 5.10 Å². The molecule has 19 heavy (non-hydrogen) atoms. The predicted octanol–water partition coefficient (Wildman–Crippen LogP) is 2.82. The Labute approximate surface area is 114 Å². The summed E-state index contributed by atoms with van der Waals surface area (Å²) in [6.45, 7) is 8.79. The van der Waals surface area contributed by atoms with Crippen molar-refractivity contribution < 1.29 is 0 Å². The average molecular weight is 258 g/mol. The third-order valence-electron chi connectivity index (χ3n) is 3.34. The Balaban J connectivity index is 2.32. The van der Waals surface area contributed by atoms with Crippen LogP contribution in [0, 0.1) is 6.92 Å². The molecule has 1 aromatic carbocycles. The third-order valence-corrected chi connectivity index (χ3v) is 3.34. The summed E-state index contributed by atoms with van der Waals surface area (Å²) >= 11 is 0. The second-order valence-electron chi connectivity index (χ2n) is 4.64. The lowest BCUT2D eigenvalue weighted by atomic mass is 10.2. The minimum atomic E-state index is 0.791. The van der Waals surface area contributed by atoms with E-state index in [4.69, 9.17) is 5.73 Å². The number of nitrogens with two attached hydrogens (primary N) is 1. The van der Waals surface area contributed by atoms with Gasteiger partial charge in [0.25, 0.3) is 0 Å². The Hall–Kier alpha value is -1.97. The predicted molar refractivity (Wildman–Crippen MR) is 80.2 cm³/mol. The zero-order valence-corrected chi connectivity index (χ0v) is 11.9. The molecule has 2 rings (SSSR count). The van der Waals surface area contributed by atoms with E-state index in [0.717, 1.165) is 36.8 Å². The average Bonchev–Trinajstić information content (AvgIpc) is 2.73. The van der Waals surface area contributed by atoms with Crippen LogP contribution < -0.4 is 10.6 Å². The van der Waals surface area contributed by atoms with E-state index >= 15 is 0 Å². The van der Waals surface area contributed by atoms with Gasteiger partial charge in [0.1, 0.15) is 0 Å². The number of rotatable bonds is 5. The van der Waals surface area contributed by atoms with Gasteiger partial charge in [0.2, 0.25) is 0 Å². The highest BCUT2D eigenvalue weighted by Crippen LogP contribution is 2.27. The van der Waals surface area contributed by atoms with Crippen LogP contribution in [-0.2, 0) is 13.1 Å². The maximum Gasteiger partial charge on any atom is 0.150 e. The van der Waals surface area contributed by atoms with Crippen molar-refractivity contribution in [2.75, 3.05) is 17.2 Å². The van der Waals surface area contributed by atoms with Gasteiger partial charge in [-0.05, 0) is 26.3 Å². The van der Waals surface area contributed by atoms with Crippen molar-refractivity contribution in [2.24, 2.45) is 0 Å². The molecule has 1 aromatic heterocycles. The van der Waals surface area contributed by atoms with Crippen LogP contribution in [0.3, 0.4) is 0 Å². The first-order valence-electron chi connectivity index (χ1n) is 6.79. The highest BCUT2D eigenvalue weighted by atomic mass is 15.4. The fraction of sp³-hybridized carbons (Fsp3) is 0.400. The molecule has 0 unspecified atom stereocenters. The highest BCUT2D eigenvalue weighted by Gasteiger charge is 2.17. The van der Waals surface area contributed by atoms with E-state index < -0.39 is 0 Å². The lowest BCUT2D eigenvalue weighted by molar-refractivity contribution is 0.631. The number of hydrogen-bond acceptors (Lipinski definition) is 3. The van der Waals surface area contributed by atoms with E-state index in [0.29, 0.717) is 0 Å². The first-order chi connectivity index (χ1) is 9.17. The fourth-order valence-electron chi connectivity index (χ4n) is 2.28. The van der Waals surface area contributed by atoms with Gasteiger partial charge in [0.05, 0.1) is 11.4 Å². The van der Waals surface area contributed by atoms with E-state index in [2.05, 4.69) is 48.1 Å². The van der Waals surface area contributed by atoms with E-state index in [1.165, 1.54) is 5.56 Å². The number of benzene rings is 1. The van der Waals surface area contributed by atoms with Gasteiger partial charge in [-0.3, -0.25) is 0 Å². The topological polar surface area (TPSA) is 47.1 Å². The molecule has 1 heterocycles. The molecule has 0 spiro atoms. The molecule has 4 nitrogen and oxygen atoms in total. The van der Waals surface area contributed by atoms with Crippen molar-refractivity contribution in [3.63, 3.8) is 0 Å². The first kappa shape index (κ1) is 13.5. The maximum absolute atomic E-state index is 6.18. The van der Waals surface area contributed by atoms with Crippen molar-refractivity contribution in [1.82, 2.24) is 9.78 Å². The standard InChI is InChI=1S/C15H22N4/c1-4-18(11-13-9-7-6-8-10-13)15-14(16)12(3)17-19(15)5-2/h6-10H,4-5,11,16H2,1-3H3. The molecule has 0 fully saturated rings. The van der Waals surface area contributed by atoms with Crippen molar-refractivity contribution in [2.45, 2.75) is 33.9 Å². The summed E-state index contributed by atoms with van der Waals surface area (Å²) in [4.78, 5) is 2.27. The van der Waals surface area contributed by atoms with Gasteiger partial charge in [-0.25, -0.2) is 4.68 Å². The van der Waals surface area contributed by atoms with Crippen LogP contribution in [0.2, 0.25) is 0 Å². The van der Waals surface area contributed by atoms with Crippen molar-refractivity contribution in [1.29, 1.82) is 0 Å². The Morgan fingerprint density at radius 1 is 1.21 bits per heavy atom. The van der Waals surface area contributed by atoms with Crippen molar-refractivity contribution >= 4 is 11.5 Å². The van der Waals surface area contributed by atoms with Crippen LogP contribution in [0.1, 0.15) is 25.1 Å². The molecule has 0 aliphatic carbocycles. The molecular weight excluding hydrogens is 236 g/mol. The zero-order chi connectivity index (χ0) is 13.8. The van der Waals surface area contributed by atoms with Crippen LogP contribution in [-0.4, -0.2) is 16.3 Å². The number of hydrogen-bond donors (Lipinski definition) is 1. The minimum absolute atomic E-state index is 0.791. The Morgan fingerprint density at radius 2 is 1.89 bits per heavy atom. The molecule has 0 saturated heterocycles. The Bertz CT molecular complexity index is 531. The number of anilines is 2. The van der Waals surface area contributed by atoms with Crippen LogP contribution in [0.4, 0.5) is 11.5 Å². The van der Waals surface area contributed by atoms with Gasteiger partial charge in [-0.1, -0.05) is 30.3 Å². The number of nitrogen functional groups attached to an aromatic ring is 1. The molecule has 2 N–H and O–H groups in total. The fourth-order valence-corrected chi connectivity index (χ4v) is 2.28.